The summed E-state index contributed by atoms with van der Waals surface area (Å²) in [6, 6.07) is 18.2. The van der Waals surface area contributed by atoms with E-state index in [4.69, 9.17) is 0 Å². The molecule has 8 nitrogen and oxygen atoms in total. The molecular formula is C26H26N6O2. The Bertz CT molecular complexity index is 1320. The number of aromatic nitrogens is 4. The molecule has 0 radical (unpaired) electrons. The number of carbonyl (C=O) groups excluding carboxylic acids is 2. The number of hydrogen-bond donors (Lipinski definition) is 2. The molecule has 0 saturated heterocycles. The Kier molecular flexibility index (Phi) is 6.68. The van der Waals surface area contributed by atoms with Crippen LogP contribution in [0.1, 0.15) is 29.9 Å². The summed E-state index contributed by atoms with van der Waals surface area (Å²) < 4.78 is 3.44. The lowest BCUT2D eigenvalue weighted by Crippen LogP contribution is -2.24. The van der Waals surface area contributed by atoms with Gasteiger partial charge in [0, 0.05) is 41.1 Å². The first kappa shape index (κ1) is 22.7. The van der Waals surface area contributed by atoms with E-state index < -0.39 is 6.04 Å². The van der Waals surface area contributed by atoms with Crippen LogP contribution in [-0.4, -0.2) is 31.4 Å². The van der Waals surface area contributed by atoms with Gasteiger partial charge in [-0.2, -0.15) is 10.2 Å². The van der Waals surface area contributed by atoms with Crippen LogP contribution < -0.4 is 10.6 Å². The third-order valence-corrected chi connectivity index (χ3v) is 5.45. The average molecular weight is 455 g/mol. The molecule has 4 rings (SSSR count). The molecule has 0 saturated carbocycles. The molecule has 0 aliphatic carbocycles. The minimum Gasteiger partial charge on any atom is -0.324 e. The maximum Gasteiger partial charge on any atom is 0.248 e. The van der Waals surface area contributed by atoms with Gasteiger partial charge in [0.25, 0.3) is 0 Å². The van der Waals surface area contributed by atoms with Crippen molar-refractivity contribution in [2.24, 2.45) is 0 Å². The minimum atomic E-state index is -0.459. The van der Waals surface area contributed by atoms with Gasteiger partial charge in [0.2, 0.25) is 11.8 Å². The molecule has 1 unspecified atom stereocenters. The van der Waals surface area contributed by atoms with E-state index in [1.54, 1.807) is 60.4 Å². The summed E-state index contributed by atoms with van der Waals surface area (Å²) in [6.45, 7) is 5.66. The van der Waals surface area contributed by atoms with Crippen LogP contribution in [0.15, 0.2) is 79.1 Å². The minimum absolute atomic E-state index is 0.201. The van der Waals surface area contributed by atoms with E-state index in [-0.39, 0.29) is 11.8 Å². The number of hydrogen-bond acceptors (Lipinski definition) is 4. The number of rotatable bonds is 7. The first-order chi connectivity index (χ1) is 16.4. The fourth-order valence-electron chi connectivity index (χ4n) is 3.61. The monoisotopic (exact) mass is 454 g/mol. The lowest BCUT2D eigenvalue weighted by molar-refractivity contribution is -0.119. The summed E-state index contributed by atoms with van der Waals surface area (Å²) in [7, 11) is 0. The van der Waals surface area contributed by atoms with E-state index in [1.165, 1.54) is 6.08 Å². The van der Waals surface area contributed by atoms with Crippen molar-refractivity contribution in [3.05, 3.63) is 96.1 Å². The largest absolute Gasteiger partial charge is 0.324 e. The van der Waals surface area contributed by atoms with Gasteiger partial charge in [-0.3, -0.25) is 14.3 Å². The maximum atomic E-state index is 12.6. The molecular weight excluding hydrogens is 428 g/mol. The fourth-order valence-corrected chi connectivity index (χ4v) is 3.61. The van der Waals surface area contributed by atoms with Crippen LogP contribution in [-0.2, 0) is 9.59 Å². The third-order valence-electron chi connectivity index (χ3n) is 5.45. The normalized spacial score (nSPS) is 12.0. The number of aryl methyl sites for hydroxylation is 1. The molecule has 8 heteroatoms. The molecule has 2 amide bonds. The number of para-hydroxylation sites is 1. The number of carbonyl (C=O) groups is 2. The average Bonchev–Trinajstić information content (AvgIpc) is 3.46. The summed E-state index contributed by atoms with van der Waals surface area (Å²) in [5, 5.41) is 14.4. The fraction of sp³-hybridized carbons (Fsp3) is 0.154. The van der Waals surface area contributed by atoms with Gasteiger partial charge in [0.05, 0.1) is 11.4 Å². The van der Waals surface area contributed by atoms with Crippen molar-refractivity contribution in [1.82, 2.24) is 19.6 Å². The van der Waals surface area contributed by atoms with Crippen molar-refractivity contribution in [2.75, 3.05) is 10.6 Å². The van der Waals surface area contributed by atoms with Gasteiger partial charge < -0.3 is 10.6 Å². The molecule has 34 heavy (non-hydrogen) atoms. The molecule has 0 spiro atoms. The highest BCUT2D eigenvalue weighted by Crippen LogP contribution is 2.20. The van der Waals surface area contributed by atoms with Crippen molar-refractivity contribution in [1.29, 1.82) is 0 Å². The van der Waals surface area contributed by atoms with Crippen molar-refractivity contribution in [3.63, 3.8) is 0 Å². The first-order valence-corrected chi connectivity index (χ1v) is 10.9. The Morgan fingerprint density at radius 3 is 2.41 bits per heavy atom. The SMILES string of the molecule is Cc1nn(-c2ccccc2)c(C)c1/C=C/C(=O)Nc1cccc(NC(=O)C(C)n2cccn2)c1. The molecule has 1 atom stereocenters. The molecule has 0 bridgehead atoms. The van der Waals surface area contributed by atoms with Gasteiger partial charge in [-0.1, -0.05) is 24.3 Å². The summed E-state index contributed by atoms with van der Waals surface area (Å²) in [5.41, 5.74) is 4.81. The Morgan fingerprint density at radius 2 is 1.71 bits per heavy atom. The topological polar surface area (TPSA) is 93.8 Å². The molecule has 0 fully saturated rings. The van der Waals surface area contributed by atoms with Crippen LogP contribution in [0.4, 0.5) is 11.4 Å². The molecule has 4 aromatic rings. The molecule has 0 aliphatic heterocycles. The van der Waals surface area contributed by atoms with Crippen LogP contribution in [0.2, 0.25) is 0 Å². The number of nitrogens with one attached hydrogen (secondary N) is 2. The second kappa shape index (κ2) is 9.99. The summed E-state index contributed by atoms with van der Waals surface area (Å²) >= 11 is 0. The van der Waals surface area contributed by atoms with Gasteiger partial charge in [0.15, 0.2) is 0 Å². The van der Waals surface area contributed by atoms with E-state index in [0.717, 1.165) is 22.6 Å². The van der Waals surface area contributed by atoms with Crippen molar-refractivity contribution >= 4 is 29.3 Å². The zero-order valence-corrected chi connectivity index (χ0v) is 19.3. The van der Waals surface area contributed by atoms with Crippen LogP contribution >= 0.6 is 0 Å². The highest BCUT2D eigenvalue weighted by atomic mass is 16.2. The van der Waals surface area contributed by atoms with Gasteiger partial charge in [-0.25, -0.2) is 4.68 Å². The third kappa shape index (κ3) is 5.12. The Morgan fingerprint density at radius 1 is 0.971 bits per heavy atom. The molecule has 2 N–H and O–H groups in total. The Hall–Kier alpha value is -4.46. The number of benzene rings is 2. The zero-order chi connectivity index (χ0) is 24.1. The van der Waals surface area contributed by atoms with Crippen molar-refractivity contribution < 1.29 is 9.59 Å². The first-order valence-electron chi connectivity index (χ1n) is 10.9. The molecule has 2 aromatic carbocycles. The molecule has 0 aliphatic rings. The Balaban J connectivity index is 1.42. The maximum absolute atomic E-state index is 12.6. The number of amides is 2. The van der Waals surface area contributed by atoms with Gasteiger partial charge in [-0.05, 0) is 63.2 Å². The number of nitrogens with zero attached hydrogens (tertiary/aromatic N) is 4. The Labute approximate surface area is 197 Å². The standard InChI is InChI=1S/C26H26N6O2/c1-18-24(19(2)32(30-18)23-11-5-4-6-12-23)13-14-25(33)28-21-9-7-10-22(17-21)29-26(34)20(3)31-16-8-15-27-31/h4-17,20H,1-3H3,(H,28,33)(H,29,34)/b14-13+. The second-order valence-electron chi connectivity index (χ2n) is 7.89. The summed E-state index contributed by atoms with van der Waals surface area (Å²) in [5.74, 6) is -0.479. The summed E-state index contributed by atoms with van der Waals surface area (Å²) in [6.07, 6.45) is 6.62. The number of anilines is 2. The van der Waals surface area contributed by atoms with E-state index >= 15 is 0 Å². The van der Waals surface area contributed by atoms with Crippen LogP contribution in [0.25, 0.3) is 11.8 Å². The lowest BCUT2D eigenvalue weighted by Gasteiger charge is -2.13. The zero-order valence-electron chi connectivity index (χ0n) is 19.3. The van der Waals surface area contributed by atoms with E-state index in [1.807, 2.05) is 48.9 Å². The van der Waals surface area contributed by atoms with E-state index in [0.29, 0.717) is 11.4 Å². The molecule has 172 valence electrons. The highest BCUT2D eigenvalue weighted by Gasteiger charge is 2.15. The lowest BCUT2D eigenvalue weighted by atomic mass is 10.2. The van der Waals surface area contributed by atoms with Gasteiger partial charge in [0.1, 0.15) is 6.04 Å². The van der Waals surface area contributed by atoms with E-state index in [9.17, 15) is 9.59 Å². The summed E-state index contributed by atoms with van der Waals surface area (Å²) in [4.78, 5) is 25.1. The van der Waals surface area contributed by atoms with E-state index in [2.05, 4.69) is 20.8 Å². The van der Waals surface area contributed by atoms with Crippen LogP contribution in [0.5, 0.6) is 0 Å². The van der Waals surface area contributed by atoms with Crippen molar-refractivity contribution in [2.45, 2.75) is 26.8 Å². The smallest absolute Gasteiger partial charge is 0.248 e. The van der Waals surface area contributed by atoms with Gasteiger partial charge in [-0.15, -0.1) is 0 Å². The molecule has 2 heterocycles. The molecule has 2 aromatic heterocycles. The van der Waals surface area contributed by atoms with Crippen molar-refractivity contribution in [3.8, 4) is 5.69 Å². The van der Waals surface area contributed by atoms with Crippen LogP contribution in [0, 0.1) is 13.8 Å². The second-order valence-corrected chi connectivity index (χ2v) is 7.89. The predicted octanol–water partition coefficient (Wildman–Crippen LogP) is 4.54. The van der Waals surface area contributed by atoms with Crippen LogP contribution in [0.3, 0.4) is 0 Å². The quantitative estimate of drug-likeness (QED) is 0.401. The highest BCUT2D eigenvalue weighted by molar-refractivity contribution is 6.02. The van der Waals surface area contributed by atoms with Gasteiger partial charge >= 0.3 is 0 Å². The predicted molar refractivity (Wildman–Crippen MR) is 133 cm³/mol.